The summed E-state index contributed by atoms with van der Waals surface area (Å²) in [6.45, 7) is 7.74. The summed E-state index contributed by atoms with van der Waals surface area (Å²) in [4.78, 5) is 28.5. The standard InChI is InChI=1S/C22H32N6O2/c1-16-10-12-17(13-11-16)21-24-26-28(25-21)15-20(30)27(22(2,3)4)14-19(29)23-18-8-6-5-7-9-18/h10-13,18H,5-9,14-15H2,1-4H3,(H,23,29). The van der Waals surface area contributed by atoms with Crippen molar-refractivity contribution in [2.45, 2.75) is 77.9 Å². The van der Waals surface area contributed by atoms with E-state index in [1.165, 1.54) is 11.2 Å². The fourth-order valence-electron chi connectivity index (χ4n) is 3.70. The van der Waals surface area contributed by atoms with Gasteiger partial charge < -0.3 is 10.2 Å². The highest BCUT2D eigenvalue weighted by Gasteiger charge is 2.30. The summed E-state index contributed by atoms with van der Waals surface area (Å²) in [5, 5.41) is 15.5. The first-order valence-corrected chi connectivity index (χ1v) is 10.7. The third-order valence-corrected chi connectivity index (χ3v) is 5.42. The van der Waals surface area contributed by atoms with E-state index in [9.17, 15) is 9.59 Å². The third-order valence-electron chi connectivity index (χ3n) is 5.42. The van der Waals surface area contributed by atoms with Crippen LogP contribution in [0.1, 0.15) is 58.4 Å². The van der Waals surface area contributed by atoms with Crippen LogP contribution in [0, 0.1) is 6.92 Å². The molecule has 162 valence electrons. The summed E-state index contributed by atoms with van der Waals surface area (Å²) in [6, 6.07) is 8.03. The van der Waals surface area contributed by atoms with Gasteiger partial charge in [-0.15, -0.1) is 10.2 Å². The van der Waals surface area contributed by atoms with E-state index in [-0.39, 0.29) is 30.9 Å². The molecule has 0 unspecified atom stereocenters. The summed E-state index contributed by atoms with van der Waals surface area (Å²) in [7, 11) is 0. The van der Waals surface area contributed by atoms with Crippen molar-refractivity contribution in [1.82, 2.24) is 30.4 Å². The van der Waals surface area contributed by atoms with Gasteiger partial charge in [0.2, 0.25) is 17.6 Å². The van der Waals surface area contributed by atoms with Gasteiger partial charge in [-0.05, 0) is 45.7 Å². The topological polar surface area (TPSA) is 93.0 Å². The lowest BCUT2D eigenvalue weighted by Crippen LogP contribution is -2.52. The molecule has 8 heteroatoms. The normalized spacial score (nSPS) is 15.1. The summed E-state index contributed by atoms with van der Waals surface area (Å²) >= 11 is 0. The Morgan fingerprint density at radius 1 is 1.13 bits per heavy atom. The zero-order chi connectivity index (χ0) is 21.7. The molecule has 0 saturated heterocycles. The summed E-state index contributed by atoms with van der Waals surface area (Å²) in [5.41, 5.74) is 1.49. The second-order valence-electron chi connectivity index (χ2n) is 9.06. The van der Waals surface area contributed by atoms with Crippen LogP contribution in [0.2, 0.25) is 0 Å². The molecule has 1 N–H and O–H groups in total. The van der Waals surface area contributed by atoms with Crippen molar-refractivity contribution in [3.8, 4) is 11.4 Å². The van der Waals surface area contributed by atoms with Crippen molar-refractivity contribution in [1.29, 1.82) is 0 Å². The number of carbonyl (C=O) groups is 2. The zero-order valence-electron chi connectivity index (χ0n) is 18.4. The van der Waals surface area contributed by atoms with E-state index < -0.39 is 5.54 Å². The number of hydrogen-bond donors (Lipinski definition) is 1. The molecule has 30 heavy (non-hydrogen) atoms. The zero-order valence-corrected chi connectivity index (χ0v) is 18.4. The number of benzene rings is 1. The van der Waals surface area contributed by atoms with E-state index in [1.807, 2.05) is 52.0 Å². The molecule has 1 saturated carbocycles. The second-order valence-corrected chi connectivity index (χ2v) is 9.06. The highest BCUT2D eigenvalue weighted by Crippen LogP contribution is 2.19. The summed E-state index contributed by atoms with van der Waals surface area (Å²) < 4.78 is 0. The first-order chi connectivity index (χ1) is 14.2. The van der Waals surface area contributed by atoms with Crippen molar-refractivity contribution in [2.24, 2.45) is 0 Å². The molecule has 1 fully saturated rings. The van der Waals surface area contributed by atoms with Crippen LogP contribution in [0.4, 0.5) is 0 Å². The molecule has 2 amide bonds. The molecule has 1 aromatic heterocycles. The maximum absolute atomic E-state index is 13.0. The minimum Gasteiger partial charge on any atom is -0.352 e. The number of rotatable bonds is 6. The van der Waals surface area contributed by atoms with E-state index in [1.54, 1.807) is 4.90 Å². The first-order valence-electron chi connectivity index (χ1n) is 10.7. The summed E-state index contributed by atoms with van der Waals surface area (Å²) in [6.07, 6.45) is 5.55. The number of hydrogen-bond acceptors (Lipinski definition) is 5. The largest absolute Gasteiger partial charge is 0.352 e. The maximum Gasteiger partial charge on any atom is 0.247 e. The average Bonchev–Trinajstić information content (AvgIpc) is 3.15. The average molecular weight is 413 g/mol. The monoisotopic (exact) mass is 412 g/mol. The highest BCUT2D eigenvalue weighted by atomic mass is 16.2. The molecule has 0 spiro atoms. The lowest BCUT2D eigenvalue weighted by Gasteiger charge is -2.35. The van der Waals surface area contributed by atoms with Gasteiger partial charge in [0, 0.05) is 17.1 Å². The van der Waals surface area contributed by atoms with Gasteiger partial charge in [-0.3, -0.25) is 9.59 Å². The predicted molar refractivity (Wildman–Crippen MR) is 114 cm³/mol. The highest BCUT2D eigenvalue weighted by molar-refractivity contribution is 5.85. The van der Waals surface area contributed by atoms with E-state index in [0.29, 0.717) is 5.82 Å². The van der Waals surface area contributed by atoms with Crippen molar-refractivity contribution in [3.05, 3.63) is 29.8 Å². The van der Waals surface area contributed by atoms with Gasteiger partial charge in [0.25, 0.3) is 0 Å². The Morgan fingerprint density at radius 2 is 1.80 bits per heavy atom. The SMILES string of the molecule is Cc1ccc(-c2nnn(CC(=O)N(CC(=O)NC3CCCCC3)C(C)(C)C)n2)cc1. The molecular weight excluding hydrogens is 380 g/mol. The number of carbonyl (C=O) groups excluding carboxylic acids is 2. The molecule has 1 aliphatic rings. The lowest BCUT2D eigenvalue weighted by atomic mass is 9.95. The molecule has 1 aliphatic carbocycles. The smallest absolute Gasteiger partial charge is 0.247 e. The van der Waals surface area contributed by atoms with Crippen LogP contribution in [-0.2, 0) is 16.1 Å². The van der Waals surface area contributed by atoms with Crippen LogP contribution in [0.5, 0.6) is 0 Å². The third kappa shape index (κ3) is 5.87. The van der Waals surface area contributed by atoms with Crippen LogP contribution >= 0.6 is 0 Å². The number of aryl methyl sites for hydroxylation is 1. The van der Waals surface area contributed by atoms with Gasteiger partial charge >= 0.3 is 0 Å². The molecule has 0 radical (unpaired) electrons. The molecule has 3 rings (SSSR count). The van der Waals surface area contributed by atoms with Crippen molar-refractivity contribution in [2.75, 3.05) is 6.54 Å². The second kappa shape index (κ2) is 9.36. The fraction of sp³-hybridized carbons (Fsp3) is 0.591. The Balaban J connectivity index is 1.64. The van der Waals surface area contributed by atoms with Crippen LogP contribution in [-0.4, -0.2) is 55.0 Å². The van der Waals surface area contributed by atoms with Crippen molar-refractivity contribution in [3.63, 3.8) is 0 Å². The van der Waals surface area contributed by atoms with E-state index in [2.05, 4.69) is 20.7 Å². The van der Waals surface area contributed by atoms with Gasteiger partial charge in [0.15, 0.2) is 0 Å². The van der Waals surface area contributed by atoms with Gasteiger partial charge in [-0.25, -0.2) is 0 Å². The van der Waals surface area contributed by atoms with E-state index >= 15 is 0 Å². The molecular formula is C22H32N6O2. The molecule has 1 aromatic carbocycles. The molecule has 0 aliphatic heterocycles. The van der Waals surface area contributed by atoms with Gasteiger partial charge in [0.05, 0.1) is 0 Å². The Hall–Kier alpha value is -2.77. The Bertz CT molecular complexity index is 862. The Labute approximate surface area is 178 Å². The molecule has 2 aromatic rings. The number of amides is 2. The Kier molecular flexibility index (Phi) is 6.84. The van der Waals surface area contributed by atoms with Crippen LogP contribution in [0.25, 0.3) is 11.4 Å². The molecule has 1 heterocycles. The van der Waals surface area contributed by atoms with Crippen LogP contribution < -0.4 is 5.32 Å². The van der Waals surface area contributed by atoms with Gasteiger partial charge in [-0.2, -0.15) is 4.80 Å². The van der Waals surface area contributed by atoms with Crippen molar-refractivity contribution < 1.29 is 9.59 Å². The molecule has 0 atom stereocenters. The first kappa shape index (κ1) is 21.9. The quantitative estimate of drug-likeness (QED) is 0.787. The number of tetrazole rings is 1. The number of nitrogens with one attached hydrogen (secondary N) is 1. The molecule has 0 bridgehead atoms. The fourth-order valence-corrected chi connectivity index (χ4v) is 3.70. The minimum atomic E-state index is -0.499. The van der Waals surface area contributed by atoms with Crippen molar-refractivity contribution >= 4 is 11.8 Å². The van der Waals surface area contributed by atoms with E-state index in [0.717, 1.165) is 36.8 Å². The lowest BCUT2D eigenvalue weighted by molar-refractivity contribution is -0.142. The van der Waals surface area contributed by atoms with Crippen LogP contribution in [0.3, 0.4) is 0 Å². The number of nitrogens with zero attached hydrogens (tertiary/aromatic N) is 5. The minimum absolute atomic E-state index is 0.0261. The maximum atomic E-state index is 13.0. The van der Waals surface area contributed by atoms with E-state index in [4.69, 9.17) is 0 Å². The Morgan fingerprint density at radius 3 is 2.43 bits per heavy atom. The number of aromatic nitrogens is 4. The van der Waals surface area contributed by atoms with Gasteiger partial charge in [0.1, 0.15) is 13.1 Å². The molecule has 8 nitrogen and oxygen atoms in total. The predicted octanol–water partition coefficient (Wildman–Crippen LogP) is 2.72. The van der Waals surface area contributed by atoms with Crippen LogP contribution in [0.15, 0.2) is 24.3 Å². The summed E-state index contributed by atoms with van der Waals surface area (Å²) in [5.74, 6) is 0.145. The van der Waals surface area contributed by atoms with Gasteiger partial charge in [-0.1, -0.05) is 49.1 Å².